The molecule has 17 heavy (non-hydrogen) atoms. The molecule has 1 saturated heterocycles. The Morgan fingerprint density at radius 3 is 2.94 bits per heavy atom. The molecular formula is C12H21N3OS. The van der Waals surface area contributed by atoms with Crippen LogP contribution in [0, 0.1) is 0 Å². The summed E-state index contributed by atoms with van der Waals surface area (Å²) in [6.07, 6.45) is 1.09. The van der Waals surface area contributed by atoms with E-state index in [4.69, 9.17) is 10.5 Å². The predicted molar refractivity (Wildman–Crippen MR) is 70.2 cm³/mol. The fourth-order valence-corrected chi connectivity index (χ4v) is 3.19. The van der Waals surface area contributed by atoms with E-state index < -0.39 is 0 Å². The summed E-state index contributed by atoms with van der Waals surface area (Å²) in [6.45, 7) is 8.77. The average molecular weight is 255 g/mol. The van der Waals surface area contributed by atoms with Crippen LogP contribution in [0.5, 0.6) is 0 Å². The molecule has 0 radical (unpaired) electrons. The van der Waals surface area contributed by atoms with Gasteiger partial charge in [-0.25, -0.2) is 4.98 Å². The van der Waals surface area contributed by atoms with E-state index in [1.807, 2.05) is 0 Å². The highest BCUT2D eigenvalue weighted by Gasteiger charge is 2.24. The van der Waals surface area contributed by atoms with Crippen LogP contribution in [0.4, 0.5) is 0 Å². The van der Waals surface area contributed by atoms with Crippen molar-refractivity contribution in [2.45, 2.75) is 32.9 Å². The van der Waals surface area contributed by atoms with Crippen molar-refractivity contribution in [3.63, 3.8) is 0 Å². The third-order valence-corrected chi connectivity index (χ3v) is 4.40. The molecule has 5 heteroatoms. The summed E-state index contributed by atoms with van der Waals surface area (Å²) in [4.78, 5) is 8.29. The molecule has 0 amide bonds. The Bertz CT molecular complexity index is 345. The molecule has 96 valence electrons. The lowest BCUT2D eigenvalue weighted by atomic mass is 10.2. The number of aryl methyl sites for hydroxylation is 1. The summed E-state index contributed by atoms with van der Waals surface area (Å²) < 4.78 is 5.82. The van der Waals surface area contributed by atoms with Crippen LogP contribution in [-0.2, 0) is 17.7 Å². The van der Waals surface area contributed by atoms with Gasteiger partial charge in [-0.05, 0) is 13.0 Å². The van der Waals surface area contributed by atoms with E-state index >= 15 is 0 Å². The van der Waals surface area contributed by atoms with Crippen molar-refractivity contribution < 1.29 is 4.74 Å². The largest absolute Gasteiger partial charge is 0.368 e. The Morgan fingerprint density at radius 1 is 1.53 bits per heavy atom. The smallest absolute Gasteiger partial charge is 0.123 e. The van der Waals surface area contributed by atoms with Crippen molar-refractivity contribution in [3.05, 3.63) is 15.6 Å². The van der Waals surface area contributed by atoms with Crippen LogP contribution in [0.2, 0.25) is 0 Å². The van der Waals surface area contributed by atoms with Gasteiger partial charge in [-0.2, -0.15) is 0 Å². The summed E-state index contributed by atoms with van der Waals surface area (Å²) in [7, 11) is 0. The van der Waals surface area contributed by atoms with Crippen molar-refractivity contribution in [1.29, 1.82) is 0 Å². The lowest BCUT2D eigenvalue weighted by Gasteiger charge is -2.30. The molecule has 0 bridgehead atoms. The zero-order chi connectivity index (χ0) is 12.3. The lowest BCUT2D eigenvalue weighted by molar-refractivity contribution is -0.0283. The zero-order valence-electron chi connectivity index (χ0n) is 10.6. The van der Waals surface area contributed by atoms with Crippen molar-refractivity contribution >= 4 is 11.3 Å². The average Bonchev–Trinajstić information content (AvgIpc) is 2.82. The van der Waals surface area contributed by atoms with Gasteiger partial charge in [0.2, 0.25) is 0 Å². The molecule has 4 nitrogen and oxygen atoms in total. The first-order chi connectivity index (χ1) is 8.28. The number of hydrogen-bond donors (Lipinski definition) is 1. The number of hydrogen-bond acceptors (Lipinski definition) is 5. The van der Waals surface area contributed by atoms with Gasteiger partial charge in [-0.1, -0.05) is 13.8 Å². The van der Waals surface area contributed by atoms with Crippen molar-refractivity contribution in [3.8, 4) is 0 Å². The highest BCUT2D eigenvalue weighted by atomic mass is 32.1. The van der Waals surface area contributed by atoms with Crippen LogP contribution >= 0.6 is 11.3 Å². The van der Waals surface area contributed by atoms with Crippen LogP contribution in [-0.4, -0.2) is 36.1 Å². The second kappa shape index (κ2) is 5.91. The first kappa shape index (κ1) is 13.0. The van der Waals surface area contributed by atoms with Crippen LogP contribution in [0.15, 0.2) is 0 Å². The Hall–Kier alpha value is -0.490. The molecule has 0 aliphatic carbocycles. The van der Waals surface area contributed by atoms with Gasteiger partial charge in [0.25, 0.3) is 0 Å². The minimum atomic E-state index is 0.138. The third kappa shape index (κ3) is 2.85. The van der Waals surface area contributed by atoms with E-state index in [1.54, 1.807) is 11.3 Å². The summed E-state index contributed by atoms with van der Waals surface area (Å²) in [6, 6.07) is 0. The maximum absolute atomic E-state index is 5.82. The second-order valence-electron chi connectivity index (χ2n) is 4.23. The van der Waals surface area contributed by atoms with Gasteiger partial charge in [0.05, 0.1) is 12.3 Å². The van der Waals surface area contributed by atoms with E-state index in [-0.39, 0.29) is 6.10 Å². The maximum Gasteiger partial charge on any atom is 0.123 e. The van der Waals surface area contributed by atoms with Crippen molar-refractivity contribution in [2.75, 3.05) is 26.2 Å². The van der Waals surface area contributed by atoms with E-state index in [0.29, 0.717) is 6.54 Å². The van der Waals surface area contributed by atoms with Gasteiger partial charge in [0.1, 0.15) is 11.1 Å². The number of nitrogens with zero attached hydrogens (tertiary/aromatic N) is 2. The summed E-state index contributed by atoms with van der Waals surface area (Å²) in [5, 5.41) is 1.10. The highest BCUT2D eigenvalue weighted by molar-refractivity contribution is 7.11. The fourth-order valence-electron chi connectivity index (χ4n) is 2.12. The highest BCUT2D eigenvalue weighted by Crippen LogP contribution is 2.28. The van der Waals surface area contributed by atoms with Crippen LogP contribution < -0.4 is 5.73 Å². The predicted octanol–water partition coefficient (Wildman–Crippen LogP) is 1.56. The second-order valence-corrected chi connectivity index (χ2v) is 5.35. The molecule has 2 N–H and O–H groups in total. The lowest BCUT2D eigenvalue weighted by Crippen LogP contribution is -2.38. The molecule has 1 aliphatic heterocycles. The van der Waals surface area contributed by atoms with E-state index in [0.717, 1.165) is 43.4 Å². The molecule has 1 aromatic rings. The number of nitrogens with two attached hydrogens (primary N) is 1. The molecule has 0 aromatic carbocycles. The summed E-state index contributed by atoms with van der Waals surface area (Å²) in [5.41, 5.74) is 6.88. The van der Waals surface area contributed by atoms with Crippen molar-refractivity contribution in [2.24, 2.45) is 5.73 Å². The monoisotopic (exact) mass is 255 g/mol. The van der Waals surface area contributed by atoms with E-state index in [1.165, 1.54) is 4.88 Å². The van der Waals surface area contributed by atoms with E-state index in [2.05, 4.69) is 23.7 Å². The van der Waals surface area contributed by atoms with Crippen LogP contribution in [0.3, 0.4) is 0 Å². The standard InChI is InChI=1S/C12H21N3OS/c1-3-9-11(7-13)17-12(14-9)10-8-15(4-2)5-6-16-10/h10H,3-8,13H2,1-2H3. The van der Waals surface area contributed by atoms with Crippen LogP contribution in [0.25, 0.3) is 0 Å². The Kier molecular flexibility index (Phi) is 4.50. The first-order valence-electron chi connectivity index (χ1n) is 6.31. The quantitative estimate of drug-likeness (QED) is 0.887. The molecule has 2 heterocycles. The third-order valence-electron chi connectivity index (χ3n) is 3.19. The molecule has 1 aliphatic rings. The van der Waals surface area contributed by atoms with E-state index in [9.17, 15) is 0 Å². The minimum Gasteiger partial charge on any atom is -0.368 e. The fraction of sp³-hybridized carbons (Fsp3) is 0.750. The first-order valence-corrected chi connectivity index (χ1v) is 7.12. The van der Waals surface area contributed by atoms with Gasteiger partial charge in [0.15, 0.2) is 0 Å². The number of morpholine rings is 1. The molecule has 1 aromatic heterocycles. The number of likely N-dealkylation sites (N-methyl/N-ethyl adjacent to an activating group) is 1. The SMILES string of the molecule is CCc1nc(C2CN(CC)CCO2)sc1CN. The molecule has 1 fully saturated rings. The van der Waals surface area contributed by atoms with Gasteiger partial charge >= 0.3 is 0 Å². The topological polar surface area (TPSA) is 51.4 Å². The normalized spacial score (nSPS) is 21.9. The Balaban J connectivity index is 2.13. The van der Waals surface area contributed by atoms with Crippen LogP contribution in [0.1, 0.15) is 35.5 Å². The summed E-state index contributed by atoms with van der Waals surface area (Å²) in [5.74, 6) is 0. The minimum absolute atomic E-state index is 0.138. The number of thiazole rings is 1. The Labute approximate surface area is 107 Å². The molecule has 2 rings (SSSR count). The Morgan fingerprint density at radius 2 is 2.35 bits per heavy atom. The maximum atomic E-state index is 5.82. The molecular weight excluding hydrogens is 234 g/mol. The molecule has 0 spiro atoms. The van der Waals surface area contributed by atoms with Crippen molar-refractivity contribution in [1.82, 2.24) is 9.88 Å². The van der Waals surface area contributed by atoms with Gasteiger partial charge < -0.3 is 10.5 Å². The van der Waals surface area contributed by atoms with Gasteiger partial charge in [0, 0.05) is 24.5 Å². The number of rotatable bonds is 4. The van der Waals surface area contributed by atoms with Gasteiger partial charge in [-0.15, -0.1) is 11.3 Å². The number of aromatic nitrogens is 1. The molecule has 1 unspecified atom stereocenters. The molecule has 0 saturated carbocycles. The molecule has 1 atom stereocenters. The van der Waals surface area contributed by atoms with Gasteiger partial charge in [-0.3, -0.25) is 4.90 Å². The number of ether oxygens (including phenoxy) is 1. The summed E-state index contributed by atoms with van der Waals surface area (Å²) >= 11 is 1.72. The zero-order valence-corrected chi connectivity index (χ0v) is 11.4.